The van der Waals surface area contributed by atoms with Gasteiger partial charge in [-0.15, -0.1) is 0 Å². The number of aliphatic hydroxyl groups excluding tert-OH is 1. The van der Waals surface area contributed by atoms with Gasteiger partial charge in [-0.05, 0) is 12.1 Å². The minimum atomic E-state index is -0.409. The summed E-state index contributed by atoms with van der Waals surface area (Å²) in [6.07, 6.45) is 1.51. The van der Waals surface area contributed by atoms with Gasteiger partial charge in [-0.25, -0.2) is 9.97 Å². The summed E-state index contributed by atoms with van der Waals surface area (Å²) in [7, 11) is 1.33. The second-order valence-electron chi connectivity index (χ2n) is 5.19. The second kappa shape index (κ2) is 6.91. The molecule has 0 bridgehead atoms. The zero-order chi connectivity index (χ0) is 16.9. The highest BCUT2D eigenvalue weighted by Gasteiger charge is 2.13. The van der Waals surface area contributed by atoms with Crippen molar-refractivity contribution in [2.24, 2.45) is 0 Å². The molecule has 0 atom stereocenters. The Morgan fingerprint density at radius 3 is 2.33 bits per heavy atom. The van der Waals surface area contributed by atoms with Crippen molar-refractivity contribution < 1.29 is 14.6 Å². The quantitative estimate of drug-likeness (QED) is 0.589. The van der Waals surface area contributed by atoms with Gasteiger partial charge in [-0.1, -0.05) is 42.5 Å². The largest absolute Gasteiger partial charge is 0.507 e. The molecule has 0 aliphatic rings. The second-order valence-corrected chi connectivity index (χ2v) is 5.19. The molecule has 0 saturated carbocycles. The van der Waals surface area contributed by atoms with Crippen molar-refractivity contribution in [3.63, 3.8) is 0 Å². The van der Waals surface area contributed by atoms with E-state index in [-0.39, 0.29) is 12.2 Å². The van der Waals surface area contributed by atoms with Gasteiger partial charge in [0.25, 0.3) is 0 Å². The number of fused-ring (bicyclic) bond motifs is 1. The lowest BCUT2D eigenvalue weighted by Crippen LogP contribution is -2.09. The van der Waals surface area contributed by atoms with Gasteiger partial charge in [0.05, 0.1) is 36.0 Å². The van der Waals surface area contributed by atoms with E-state index in [1.165, 1.54) is 13.2 Å². The summed E-state index contributed by atoms with van der Waals surface area (Å²) >= 11 is 0. The van der Waals surface area contributed by atoms with Gasteiger partial charge in [-0.3, -0.25) is 4.79 Å². The van der Waals surface area contributed by atoms with Crippen LogP contribution in [-0.4, -0.2) is 28.2 Å². The van der Waals surface area contributed by atoms with Crippen molar-refractivity contribution >= 4 is 28.8 Å². The molecule has 0 spiro atoms. The highest BCUT2D eigenvalue weighted by molar-refractivity contribution is 5.82. The molecule has 3 aromatic rings. The van der Waals surface area contributed by atoms with E-state index in [1.54, 1.807) is 12.1 Å². The van der Waals surface area contributed by atoms with Crippen LogP contribution in [0.15, 0.2) is 54.6 Å². The summed E-state index contributed by atoms with van der Waals surface area (Å²) in [6.45, 7) is 0. The number of hydrogen-bond acceptors (Lipinski definition) is 5. The molecule has 3 rings (SSSR count). The summed E-state index contributed by atoms with van der Waals surface area (Å²) in [4.78, 5) is 20.7. The van der Waals surface area contributed by atoms with E-state index in [9.17, 15) is 9.90 Å². The van der Waals surface area contributed by atoms with Crippen LogP contribution < -0.4 is 0 Å². The lowest BCUT2D eigenvalue weighted by molar-refractivity contribution is -0.139. The van der Waals surface area contributed by atoms with Crippen LogP contribution in [0.4, 0.5) is 0 Å². The molecule has 0 aliphatic heterocycles. The number of esters is 1. The van der Waals surface area contributed by atoms with Gasteiger partial charge in [0, 0.05) is 11.6 Å². The third-order valence-electron chi connectivity index (χ3n) is 3.56. The molecule has 2 aromatic carbocycles. The number of para-hydroxylation sites is 2. The molecule has 0 amide bonds. The van der Waals surface area contributed by atoms with E-state index in [4.69, 9.17) is 4.74 Å². The first kappa shape index (κ1) is 15.7. The van der Waals surface area contributed by atoms with Crippen LogP contribution in [0.1, 0.15) is 17.0 Å². The summed E-state index contributed by atoms with van der Waals surface area (Å²) < 4.78 is 4.72. The lowest BCUT2D eigenvalue weighted by atomic mass is 10.1. The molecule has 0 fully saturated rings. The number of methoxy groups -OCH3 is 1. The van der Waals surface area contributed by atoms with Crippen LogP contribution in [0.3, 0.4) is 0 Å². The third kappa shape index (κ3) is 3.41. The van der Waals surface area contributed by atoms with E-state index >= 15 is 0 Å². The predicted molar refractivity (Wildman–Crippen MR) is 92.2 cm³/mol. The third-order valence-corrected chi connectivity index (χ3v) is 3.56. The van der Waals surface area contributed by atoms with Crippen molar-refractivity contribution in [2.45, 2.75) is 6.42 Å². The number of rotatable bonds is 4. The number of hydrogen-bond donors (Lipinski definition) is 1. The van der Waals surface area contributed by atoms with Gasteiger partial charge in [-0.2, -0.15) is 0 Å². The number of nitrogens with zero attached hydrogens (tertiary/aromatic N) is 2. The minimum absolute atomic E-state index is 0.0117. The molecule has 5 nitrogen and oxygen atoms in total. The van der Waals surface area contributed by atoms with Crippen LogP contribution in [-0.2, 0) is 16.0 Å². The van der Waals surface area contributed by atoms with Gasteiger partial charge in [0.15, 0.2) is 0 Å². The molecule has 24 heavy (non-hydrogen) atoms. The number of ether oxygens (including phenoxy) is 1. The molecule has 0 aliphatic carbocycles. The number of carbonyl (C=O) groups excluding carboxylic acids is 1. The van der Waals surface area contributed by atoms with E-state index < -0.39 is 5.97 Å². The minimum Gasteiger partial charge on any atom is -0.507 e. The predicted octanol–water partition coefficient (Wildman–Crippen LogP) is 3.40. The summed E-state index contributed by atoms with van der Waals surface area (Å²) in [6, 6.07) is 16.5. The summed E-state index contributed by atoms with van der Waals surface area (Å²) in [5.74, 6) is -0.347. The highest BCUT2D eigenvalue weighted by Crippen LogP contribution is 2.19. The zero-order valence-electron chi connectivity index (χ0n) is 13.1. The van der Waals surface area contributed by atoms with Gasteiger partial charge in [0.2, 0.25) is 0 Å². The van der Waals surface area contributed by atoms with Crippen LogP contribution in [0.2, 0.25) is 0 Å². The van der Waals surface area contributed by atoms with Crippen molar-refractivity contribution in [2.75, 3.05) is 7.11 Å². The fraction of sp³-hybridized carbons (Fsp3) is 0.105. The van der Waals surface area contributed by atoms with Gasteiger partial charge >= 0.3 is 5.97 Å². The monoisotopic (exact) mass is 320 g/mol. The Kier molecular flexibility index (Phi) is 4.52. The average Bonchev–Trinajstić information content (AvgIpc) is 2.62. The fourth-order valence-electron chi connectivity index (χ4n) is 2.33. The Balaban J connectivity index is 2.10. The summed E-state index contributed by atoms with van der Waals surface area (Å²) in [5, 5.41) is 10.3. The zero-order valence-corrected chi connectivity index (χ0v) is 13.1. The maximum atomic E-state index is 11.7. The number of benzene rings is 2. The van der Waals surface area contributed by atoms with Crippen molar-refractivity contribution in [3.8, 4) is 0 Å². The maximum absolute atomic E-state index is 11.7. The van der Waals surface area contributed by atoms with Crippen LogP contribution in [0.5, 0.6) is 0 Å². The Labute approximate surface area is 139 Å². The molecule has 1 heterocycles. The first-order valence-corrected chi connectivity index (χ1v) is 7.46. The molecule has 120 valence electrons. The molecule has 0 saturated heterocycles. The van der Waals surface area contributed by atoms with Gasteiger partial charge in [0.1, 0.15) is 5.76 Å². The van der Waals surface area contributed by atoms with Crippen molar-refractivity contribution in [1.29, 1.82) is 0 Å². The summed E-state index contributed by atoms with van der Waals surface area (Å²) in [5.41, 5.74) is 2.95. The highest BCUT2D eigenvalue weighted by atomic mass is 16.5. The molecule has 0 radical (unpaired) electrons. The molecule has 1 N–H and O–H groups in total. The molecular weight excluding hydrogens is 304 g/mol. The van der Waals surface area contributed by atoms with Gasteiger partial charge < -0.3 is 9.84 Å². The molecule has 1 aromatic heterocycles. The van der Waals surface area contributed by atoms with Crippen LogP contribution in [0, 0.1) is 0 Å². The SMILES string of the molecule is COC(=O)Cc1nc2ccccc2nc1C=C(O)c1ccccc1. The maximum Gasteiger partial charge on any atom is 0.311 e. The van der Waals surface area contributed by atoms with Crippen LogP contribution in [0.25, 0.3) is 22.9 Å². The standard InChI is InChI=1S/C19H16N2O3/c1-24-19(23)12-17-16(11-18(22)13-7-3-2-4-8-13)20-14-9-5-6-10-15(14)21-17/h2-11,22H,12H2,1H3. The molecule has 5 heteroatoms. The van der Waals surface area contributed by atoms with Crippen LogP contribution >= 0.6 is 0 Å². The Morgan fingerprint density at radius 1 is 1.04 bits per heavy atom. The van der Waals surface area contributed by atoms with E-state index in [1.807, 2.05) is 42.5 Å². The normalized spacial score (nSPS) is 11.5. The van der Waals surface area contributed by atoms with Crippen molar-refractivity contribution in [1.82, 2.24) is 9.97 Å². The lowest BCUT2D eigenvalue weighted by Gasteiger charge is -2.07. The Hall–Kier alpha value is -3.21. The van der Waals surface area contributed by atoms with E-state index in [2.05, 4.69) is 9.97 Å². The van der Waals surface area contributed by atoms with E-state index in [0.717, 1.165) is 0 Å². The number of aromatic nitrogens is 2. The fourth-order valence-corrected chi connectivity index (χ4v) is 2.33. The molecule has 0 unspecified atom stereocenters. The first-order chi connectivity index (χ1) is 11.7. The molecular formula is C19H16N2O3. The average molecular weight is 320 g/mol. The Morgan fingerprint density at radius 2 is 1.67 bits per heavy atom. The van der Waals surface area contributed by atoms with Crippen molar-refractivity contribution in [3.05, 3.63) is 71.5 Å². The Bertz CT molecular complexity index is 905. The smallest absolute Gasteiger partial charge is 0.311 e. The number of carbonyl (C=O) groups is 1. The topological polar surface area (TPSA) is 72.3 Å². The first-order valence-electron chi connectivity index (χ1n) is 7.46. The van der Waals surface area contributed by atoms with E-state index in [0.29, 0.717) is 28.0 Å². The number of aliphatic hydroxyl groups is 1.